The third-order valence-corrected chi connectivity index (χ3v) is 4.79. The molecule has 2 aromatic rings. The van der Waals surface area contributed by atoms with Gasteiger partial charge in [-0.3, -0.25) is 4.79 Å². The summed E-state index contributed by atoms with van der Waals surface area (Å²) >= 11 is 0. The zero-order chi connectivity index (χ0) is 17.6. The summed E-state index contributed by atoms with van der Waals surface area (Å²) < 4.78 is 0. The average Bonchev–Trinajstić information content (AvgIpc) is 3.19. The minimum atomic E-state index is 0.0951. The molecule has 1 amide bonds. The maximum absolute atomic E-state index is 12.5. The number of pyridine rings is 1. The molecule has 3 heterocycles. The molecule has 2 N–H and O–H groups in total. The molecule has 0 atom stereocenters. The van der Waals surface area contributed by atoms with Crippen molar-refractivity contribution >= 4 is 17.4 Å². The lowest BCUT2D eigenvalue weighted by Gasteiger charge is -2.39. The van der Waals surface area contributed by atoms with Crippen LogP contribution in [0.3, 0.4) is 0 Å². The van der Waals surface area contributed by atoms with Crippen LogP contribution in [0.4, 0.5) is 11.5 Å². The van der Waals surface area contributed by atoms with Crippen LogP contribution in [0.5, 0.6) is 0 Å². The Morgan fingerprint density at radius 1 is 1.32 bits per heavy atom. The highest BCUT2D eigenvalue weighted by atomic mass is 16.2. The molecule has 0 unspecified atom stereocenters. The van der Waals surface area contributed by atoms with E-state index >= 15 is 0 Å². The Morgan fingerprint density at radius 2 is 2.12 bits per heavy atom. The van der Waals surface area contributed by atoms with E-state index in [2.05, 4.69) is 40.1 Å². The number of carbonyl (C=O) groups is 1. The summed E-state index contributed by atoms with van der Waals surface area (Å²) in [6, 6.07) is 8.15. The predicted molar refractivity (Wildman–Crippen MR) is 101 cm³/mol. The summed E-state index contributed by atoms with van der Waals surface area (Å²) in [4.78, 5) is 24.4. The smallest absolute Gasteiger partial charge is 0.270 e. The van der Waals surface area contributed by atoms with Crippen LogP contribution in [0.25, 0.3) is 0 Å². The lowest BCUT2D eigenvalue weighted by molar-refractivity contribution is 0.0707. The molecule has 1 saturated heterocycles. The Labute approximate surface area is 149 Å². The second-order valence-corrected chi connectivity index (χ2v) is 6.30. The van der Waals surface area contributed by atoms with Crippen molar-refractivity contribution in [2.45, 2.75) is 32.7 Å². The quantitative estimate of drug-likeness (QED) is 0.848. The number of amides is 1. The first-order valence-electron chi connectivity index (χ1n) is 9.12. The number of rotatable bonds is 6. The molecule has 1 aliphatic rings. The fraction of sp³-hybridized carbons (Fsp3) is 0.474. The second-order valence-electron chi connectivity index (χ2n) is 6.30. The largest absolute Gasteiger partial charge is 0.382 e. The first kappa shape index (κ1) is 17.3. The molecule has 134 valence electrons. The van der Waals surface area contributed by atoms with Gasteiger partial charge in [-0.2, -0.15) is 0 Å². The summed E-state index contributed by atoms with van der Waals surface area (Å²) in [7, 11) is 0. The van der Waals surface area contributed by atoms with E-state index in [4.69, 9.17) is 0 Å². The monoisotopic (exact) mass is 341 g/mol. The van der Waals surface area contributed by atoms with Crippen LogP contribution in [-0.2, 0) is 0 Å². The minimum absolute atomic E-state index is 0.0951. The van der Waals surface area contributed by atoms with Gasteiger partial charge in [-0.25, -0.2) is 4.98 Å². The van der Waals surface area contributed by atoms with E-state index in [1.165, 1.54) is 0 Å². The Hall–Kier alpha value is -2.50. The van der Waals surface area contributed by atoms with Crippen LogP contribution >= 0.6 is 0 Å². The van der Waals surface area contributed by atoms with E-state index < -0.39 is 0 Å². The number of aromatic nitrogens is 2. The highest BCUT2D eigenvalue weighted by Gasteiger charge is 2.28. The topological polar surface area (TPSA) is 64.3 Å². The van der Waals surface area contributed by atoms with Crippen molar-refractivity contribution < 1.29 is 4.79 Å². The van der Waals surface area contributed by atoms with Gasteiger partial charge in [0.05, 0.1) is 5.69 Å². The van der Waals surface area contributed by atoms with Crippen LogP contribution in [0.2, 0.25) is 0 Å². The molecule has 3 rings (SSSR count). The first-order valence-corrected chi connectivity index (χ1v) is 9.12. The van der Waals surface area contributed by atoms with Gasteiger partial charge in [0.15, 0.2) is 5.82 Å². The van der Waals surface area contributed by atoms with Crippen molar-refractivity contribution in [3.63, 3.8) is 0 Å². The number of nitrogens with one attached hydrogen (secondary N) is 2. The van der Waals surface area contributed by atoms with Gasteiger partial charge in [-0.15, -0.1) is 0 Å². The molecule has 1 fully saturated rings. The molecule has 25 heavy (non-hydrogen) atoms. The van der Waals surface area contributed by atoms with Crippen LogP contribution in [0, 0.1) is 0 Å². The summed E-state index contributed by atoms with van der Waals surface area (Å²) in [6.45, 7) is 7.60. The number of nitrogens with zero attached hydrogens (tertiary/aromatic N) is 3. The highest BCUT2D eigenvalue weighted by Crippen LogP contribution is 2.28. The van der Waals surface area contributed by atoms with Crippen LogP contribution in [-0.4, -0.2) is 53.0 Å². The number of hydrogen-bond acceptors (Lipinski definition) is 4. The van der Waals surface area contributed by atoms with E-state index in [1.807, 2.05) is 29.3 Å². The van der Waals surface area contributed by atoms with Gasteiger partial charge in [0, 0.05) is 44.6 Å². The predicted octanol–water partition coefficient (Wildman–Crippen LogP) is 2.97. The number of H-pyrrole nitrogens is 1. The van der Waals surface area contributed by atoms with Gasteiger partial charge in [0.25, 0.3) is 5.91 Å². The molecule has 2 aromatic heterocycles. The Kier molecular flexibility index (Phi) is 5.58. The zero-order valence-electron chi connectivity index (χ0n) is 15.0. The fourth-order valence-electron chi connectivity index (χ4n) is 3.55. The third kappa shape index (κ3) is 3.78. The lowest BCUT2D eigenvalue weighted by atomic mass is 10.0. The first-order chi connectivity index (χ1) is 12.2. The van der Waals surface area contributed by atoms with E-state index in [1.54, 1.807) is 6.20 Å². The zero-order valence-corrected chi connectivity index (χ0v) is 15.0. The summed E-state index contributed by atoms with van der Waals surface area (Å²) in [5, 5.41) is 3.40. The van der Waals surface area contributed by atoms with Crippen molar-refractivity contribution in [2.75, 3.05) is 36.4 Å². The number of aromatic amines is 1. The van der Waals surface area contributed by atoms with Gasteiger partial charge in [0.2, 0.25) is 0 Å². The molecule has 0 aliphatic carbocycles. The number of anilines is 2. The van der Waals surface area contributed by atoms with Gasteiger partial charge in [-0.1, -0.05) is 0 Å². The molecular formula is C19H27N5O. The molecule has 1 aliphatic heterocycles. The number of piperidine rings is 1. The van der Waals surface area contributed by atoms with E-state index in [0.717, 1.165) is 50.5 Å². The van der Waals surface area contributed by atoms with E-state index in [9.17, 15) is 4.79 Å². The standard InChI is InChI=1S/C19H27N5O/c1-3-20-16-7-5-12-22-18(16)24(4-2)15-9-13-23(14-10-15)19(25)17-8-6-11-21-17/h5-8,11-12,15,20-21H,3-4,9-10,13-14H2,1-2H3. The van der Waals surface area contributed by atoms with Crippen molar-refractivity contribution in [1.82, 2.24) is 14.9 Å². The van der Waals surface area contributed by atoms with Gasteiger partial charge in [-0.05, 0) is 51.0 Å². The molecule has 0 radical (unpaired) electrons. The van der Waals surface area contributed by atoms with Crippen LogP contribution < -0.4 is 10.2 Å². The van der Waals surface area contributed by atoms with Crippen molar-refractivity contribution in [1.29, 1.82) is 0 Å². The summed E-state index contributed by atoms with van der Waals surface area (Å²) in [5.74, 6) is 1.11. The molecule has 0 bridgehead atoms. The van der Waals surface area contributed by atoms with Gasteiger partial charge < -0.3 is 20.1 Å². The average molecular weight is 341 g/mol. The summed E-state index contributed by atoms with van der Waals surface area (Å²) in [6.07, 6.45) is 5.57. The van der Waals surface area contributed by atoms with Crippen LogP contribution in [0.15, 0.2) is 36.7 Å². The van der Waals surface area contributed by atoms with E-state index in [0.29, 0.717) is 11.7 Å². The Bertz CT molecular complexity index is 677. The normalized spacial score (nSPS) is 15.2. The number of hydrogen-bond donors (Lipinski definition) is 2. The Balaban J connectivity index is 1.67. The maximum atomic E-state index is 12.5. The third-order valence-electron chi connectivity index (χ3n) is 4.79. The number of carbonyl (C=O) groups excluding carboxylic acids is 1. The Morgan fingerprint density at radius 3 is 2.76 bits per heavy atom. The van der Waals surface area contributed by atoms with Crippen LogP contribution in [0.1, 0.15) is 37.2 Å². The second kappa shape index (κ2) is 8.05. The van der Waals surface area contributed by atoms with Crippen molar-refractivity contribution in [3.05, 3.63) is 42.4 Å². The maximum Gasteiger partial charge on any atom is 0.270 e. The molecular weight excluding hydrogens is 314 g/mol. The van der Waals surface area contributed by atoms with Crippen molar-refractivity contribution in [2.24, 2.45) is 0 Å². The minimum Gasteiger partial charge on any atom is -0.382 e. The SMILES string of the molecule is CCNc1cccnc1N(CC)C1CCN(C(=O)c2ccc[nH]2)CC1. The molecule has 6 heteroatoms. The molecule has 0 aromatic carbocycles. The fourth-order valence-corrected chi connectivity index (χ4v) is 3.55. The van der Waals surface area contributed by atoms with E-state index in [-0.39, 0.29) is 5.91 Å². The molecule has 0 saturated carbocycles. The van der Waals surface area contributed by atoms with Crippen molar-refractivity contribution in [3.8, 4) is 0 Å². The summed E-state index contributed by atoms with van der Waals surface area (Å²) in [5.41, 5.74) is 1.75. The molecule has 6 nitrogen and oxygen atoms in total. The number of likely N-dealkylation sites (tertiary alicyclic amines) is 1. The lowest BCUT2D eigenvalue weighted by Crippen LogP contribution is -2.47. The molecule has 0 spiro atoms. The van der Waals surface area contributed by atoms with Gasteiger partial charge in [0.1, 0.15) is 5.69 Å². The highest BCUT2D eigenvalue weighted by molar-refractivity contribution is 5.92. The van der Waals surface area contributed by atoms with Gasteiger partial charge >= 0.3 is 0 Å².